The molecule has 0 aliphatic heterocycles. The molecule has 2 rings (SSSR count). The molecule has 1 aromatic heterocycles. The van der Waals surface area contributed by atoms with Crippen LogP contribution in [0.25, 0.3) is 11.4 Å². The third-order valence-corrected chi connectivity index (χ3v) is 3.54. The van der Waals surface area contributed by atoms with E-state index in [9.17, 15) is 0 Å². The molecule has 2 N–H and O–H groups in total. The first kappa shape index (κ1) is 14.7. The van der Waals surface area contributed by atoms with Crippen LogP contribution in [0.3, 0.4) is 0 Å². The van der Waals surface area contributed by atoms with E-state index in [1.165, 1.54) is 12.8 Å². The monoisotopic (exact) mass is 273 g/mol. The molecule has 0 spiro atoms. The van der Waals surface area contributed by atoms with E-state index in [0.717, 1.165) is 37.3 Å². The molecule has 0 fully saturated rings. The van der Waals surface area contributed by atoms with Gasteiger partial charge in [-0.05, 0) is 25.3 Å². The van der Waals surface area contributed by atoms with Crippen molar-refractivity contribution < 1.29 is 4.52 Å². The average Bonchev–Trinajstić information content (AvgIpc) is 2.95. The number of nitrogens with two attached hydrogens (primary N) is 1. The molecule has 0 amide bonds. The Balaban J connectivity index is 1.92. The molecule has 1 aromatic carbocycles. The molecule has 0 aliphatic rings. The van der Waals surface area contributed by atoms with Gasteiger partial charge in [0.2, 0.25) is 11.7 Å². The molecule has 108 valence electrons. The first-order chi connectivity index (χ1) is 9.83. The lowest BCUT2D eigenvalue weighted by atomic mass is 9.94. The van der Waals surface area contributed by atoms with Gasteiger partial charge in [-0.15, -0.1) is 0 Å². The Kier molecular flexibility index (Phi) is 5.74. The quantitative estimate of drug-likeness (QED) is 0.800. The number of hydrogen-bond acceptors (Lipinski definition) is 4. The zero-order chi connectivity index (χ0) is 14.2. The second-order valence-corrected chi connectivity index (χ2v) is 5.15. The molecule has 0 saturated carbocycles. The van der Waals surface area contributed by atoms with Gasteiger partial charge in [-0.2, -0.15) is 4.98 Å². The van der Waals surface area contributed by atoms with Crippen molar-refractivity contribution in [2.24, 2.45) is 11.7 Å². The zero-order valence-electron chi connectivity index (χ0n) is 12.1. The van der Waals surface area contributed by atoms with Crippen molar-refractivity contribution in [2.75, 3.05) is 6.54 Å². The maximum Gasteiger partial charge on any atom is 0.226 e. The highest BCUT2D eigenvalue weighted by atomic mass is 16.5. The largest absolute Gasteiger partial charge is 0.339 e. The topological polar surface area (TPSA) is 64.9 Å². The first-order valence-electron chi connectivity index (χ1n) is 7.41. The molecule has 2 aromatic rings. The summed E-state index contributed by atoms with van der Waals surface area (Å²) in [7, 11) is 0. The minimum absolute atomic E-state index is 0.664. The number of aromatic nitrogens is 2. The van der Waals surface area contributed by atoms with Crippen molar-refractivity contribution in [1.29, 1.82) is 0 Å². The van der Waals surface area contributed by atoms with Crippen LogP contribution in [0.4, 0.5) is 0 Å². The minimum atomic E-state index is 0.664. The maximum absolute atomic E-state index is 5.66. The molecule has 1 atom stereocenters. The molecule has 0 bridgehead atoms. The Morgan fingerprint density at radius 3 is 2.65 bits per heavy atom. The van der Waals surface area contributed by atoms with Crippen molar-refractivity contribution in [3.05, 3.63) is 36.2 Å². The Morgan fingerprint density at radius 2 is 1.95 bits per heavy atom. The lowest BCUT2D eigenvalue weighted by molar-refractivity contribution is 0.349. The molecule has 0 radical (unpaired) electrons. The van der Waals surface area contributed by atoms with Crippen LogP contribution in [0.1, 0.15) is 38.5 Å². The molecular formula is C16H23N3O. The molecule has 1 heterocycles. The summed E-state index contributed by atoms with van der Waals surface area (Å²) in [6.07, 6.45) is 5.40. The maximum atomic E-state index is 5.66. The van der Waals surface area contributed by atoms with Gasteiger partial charge in [0, 0.05) is 12.0 Å². The Labute approximate surface area is 120 Å². The van der Waals surface area contributed by atoms with Crippen LogP contribution in [0.2, 0.25) is 0 Å². The zero-order valence-corrected chi connectivity index (χ0v) is 12.1. The first-order valence-corrected chi connectivity index (χ1v) is 7.41. The summed E-state index contributed by atoms with van der Waals surface area (Å²) in [5.74, 6) is 2.06. The van der Waals surface area contributed by atoms with Gasteiger partial charge in [0.05, 0.1) is 0 Å². The van der Waals surface area contributed by atoms with E-state index in [2.05, 4.69) is 17.1 Å². The van der Waals surface area contributed by atoms with Gasteiger partial charge in [0.1, 0.15) is 0 Å². The van der Waals surface area contributed by atoms with E-state index in [1.807, 2.05) is 30.3 Å². The van der Waals surface area contributed by atoms with Crippen LogP contribution in [0.15, 0.2) is 34.9 Å². The summed E-state index contributed by atoms with van der Waals surface area (Å²) in [5.41, 5.74) is 6.65. The van der Waals surface area contributed by atoms with E-state index in [4.69, 9.17) is 10.3 Å². The Bertz CT molecular complexity index is 489. The Hall–Kier alpha value is -1.68. The van der Waals surface area contributed by atoms with Gasteiger partial charge in [-0.1, -0.05) is 55.3 Å². The van der Waals surface area contributed by atoms with Crippen molar-refractivity contribution >= 4 is 0 Å². The summed E-state index contributed by atoms with van der Waals surface area (Å²) in [4.78, 5) is 4.46. The van der Waals surface area contributed by atoms with Crippen LogP contribution in [-0.4, -0.2) is 16.7 Å². The molecule has 4 nitrogen and oxygen atoms in total. The van der Waals surface area contributed by atoms with Crippen molar-refractivity contribution in [2.45, 2.75) is 39.0 Å². The predicted molar refractivity (Wildman–Crippen MR) is 80.1 cm³/mol. The van der Waals surface area contributed by atoms with Crippen molar-refractivity contribution in [1.82, 2.24) is 10.1 Å². The fourth-order valence-electron chi connectivity index (χ4n) is 2.47. The number of aryl methyl sites for hydroxylation is 1. The van der Waals surface area contributed by atoms with Crippen LogP contribution in [0, 0.1) is 5.92 Å². The SMILES string of the molecule is CCCC(CCN)CCc1nc(-c2ccccc2)no1. The van der Waals surface area contributed by atoms with Gasteiger partial charge < -0.3 is 10.3 Å². The van der Waals surface area contributed by atoms with Crippen LogP contribution in [-0.2, 0) is 6.42 Å². The standard InChI is InChI=1S/C16H23N3O/c1-2-6-13(11-12-17)9-10-15-18-16(19-20-15)14-7-4-3-5-8-14/h3-5,7-8,13H,2,6,9-12,17H2,1H3. The summed E-state index contributed by atoms with van der Waals surface area (Å²) >= 11 is 0. The molecular weight excluding hydrogens is 250 g/mol. The van der Waals surface area contributed by atoms with Gasteiger partial charge in [-0.25, -0.2) is 0 Å². The van der Waals surface area contributed by atoms with Crippen molar-refractivity contribution in [3.8, 4) is 11.4 Å². The number of rotatable bonds is 8. The van der Waals surface area contributed by atoms with Crippen molar-refractivity contribution in [3.63, 3.8) is 0 Å². The highest BCUT2D eigenvalue weighted by Gasteiger charge is 2.12. The number of benzene rings is 1. The minimum Gasteiger partial charge on any atom is -0.339 e. The fraction of sp³-hybridized carbons (Fsp3) is 0.500. The predicted octanol–water partition coefficient (Wildman–Crippen LogP) is 3.43. The van der Waals surface area contributed by atoms with Gasteiger partial charge in [0.25, 0.3) is 0 Å². The summed E-state index contributed by atoms with van der Waals surface area (Å²) < 4.78 is 5.33. The second kappa shape index (κ2) is 7.80. The number of hydrogen-bond donors (Lipinski definition) is 1. The normalized spacial score (nSPS) is 12.5. The third-order valence-electron chi connectivity index (χ3n) is 3.54. The lowest BCUT2D eigenvalue weighted by Crippen LogP contribution is -2.09. The molecule has 1 unspecified atom stereocenters. The average molecular weight is 273 g/mol. The fourth-order valence-corrected chi connectivity index (χ4v) is 2.47. The van der Waals surface area contributed by atoms with Gasteiger partial charge >= 0.3 is 0 Å². The Morgan fingerprint density at radius 1 is 1.15 bits per heavy atom. The molecule has 4 heteroatoms. The number of nitrogens with zero attached hydrogens (tertiary/aromatic N) is 2. The summed E-state index contributed by atoms with van der Waals surface area (Å²) in [5, 5.41) is 4.05. The summed E-state index contributed by atoms with van der Waals surface area (Å²) in [6.45, 7) is 2.97. The van der Waals surface area contributed by atoms with E-state index < -0.39 is 0 Å². The van der Waals surface area contributed by atoms with E-state index >= 15 is 0 Å². The molecule has 0 saturated heterocycles. The highest BCUT2D eigenvalue weighted by molar-refractivity contribution is 5.53. The van der Waals surface area contributed by atoms with E-state index in [-0.39, 0.29) is 0 Å². The van der Waals surface area contributed by atoms with E-state index in [1.54, 1.807) is 0 Å². The van der Waals surface area contributed by atoms with Crippen LogP contribution < -0.4 is 5.73 Å². The summed E-state index contributed by atoms with van der Waals surface area (Å²) in [6, 6.07) is 9.91. The third kappa shape index (κ3) is 4.17. The van der Waals surface area contributed by atoms with Crippen LogP contribution in [0.5, 0.6) is 0 Å². The highest BCUT2D eigenvalue weighted by Crippen LogP contribution is 2.19. The molecule has 20 heavy (non-hydrogen) atoms. The van der Waals surface area contributed by atoms with Crippen LogP contribution >= 0.6 is 0 Å². The molecule has 0 aliphatic carbocycles. The van der Waals surface area contributed by atoms with Gasteiger partial charge in [0.15, 0.2) is 0 Å². The van der Waals surface area contributed by atoms with E-state index in [0.29, 0.717) is 11.7 Å². The lowest BCUT2D eigenvalue weighted by Gasteiger charge is -2.13. The van der Waals surface area contributed by atoms with Gasteiger partial charge in [-0.3, -0.25) is 0 Å². The smallest absolute Gasteiger partial charge is 0.226 e. The second-order valence-electron chi connectivity index (χ2n) is 5.15.